The topological polar surface area (TPSA) is 74.2 Å². The number of hydrogen-bond donors (Lipinski definition) is 1. The Morgan fingerprint density at radius 2 is 0.667 bits per heavy atom. The molecule has 1 N–H and O–H groups in total. The van der Waals surface area contributed by atoms with Crippen molar-refractivity contribution in [1.82, 2.24) is 0 Å². The Kier molecular flexibility index (Phi) is 36.6. The summed E-state index contributed by atoms with van der Waals surface area (Å²) in [5, 5.41) is 0. The van der Waals surface area contributed by atoms with Crippen LogP contribution < -0.4 is 0 Å². The molecule has 9 heteroatoms. The van der Waals surface area contributed by atoms with Crippen molar-refractivity contribution in [3.63, 3.8) is 0 Å². The molecule has 0 aromatic heterocycles. The van der Waals surface area contributed by atoms with Crippen molar-refractivity contribution in [1.29, 1.82) is 0 Å². The minimum atomic E-state index is -4.42. The molecular weight excluding hydrogens is 623 g/mol. The lowest BCUT2D eigenvalue weighted by atomic mass is 10.0. The van der Waals surface area contributed by atoms with Crippen LogP contribution in [0.25, 0.3) is 0 Å². The van der Waals surface area contributed by atoms with Gasteiger partial charge in [0.2, 0.25) is 0 Å². The molecule has 0 radical (unpaired) electrons. The van der Waals surface area contributed by atoms with E-state index in [0.29, 0.717) is 0 Å². The van der Waals surface area contributed by atoms with Crippen LogP contribution in [0.2, 0.25) is 0 Å². The largest absolute Gasteiger partial charge is 0.526 e. The van der Waals surface area contributed by atoms with Gasteiger partial charge in [-0.25, -0.2) is 14.3 Å². The molecule has 45 heavy (non-hydrogen) atoms. The third-order valence-corrected chi connectivity index (χ3v) is 10.9. The van der Waals surface area contributed by atoms with Gasteiger partial charge in [-0.15, -0.1) is 32.9 Å². The minimum Gasteiger partial charge on any atom is -0.299 e. The molecular formula is C36H75O6PS2. The Balaban J connectivity index is 3.49. The predicted octanol–water partition coefficient (Wildman–Crippen LogP) is 14.1. The molecule has 2 unspecified atom stereocenters. The van der Waals surface area contributed by atoms with E-state index in [1.54, 1.807) is 23.5 Å². The van der Waals surface area contributed by atoms with Gasteiger partial charge in [0.05, 0.1) is 0 Å². The van der Waals surface area contributed by atoms with Gasteiger partial charge in [-0.05, 0) is 38.2 Å². The van der Waals surface area contributed by atoms with Gasteiger partial charge in [0.25, 0.3) is 0 Å². The van der Waals surface area contributed by atoms with Gasteiger partial charge in [0, 0.05) is 0 Å². The molecule has 0 aliphatic rings. The molecule has 0 fully saturated rings. The second-order valence-electron chi connectivity index (χ2n) is 12.9. The SMILES string of the molecule is CCCCCCCCCCCCCCCCSC(C)OOP(=O)(O)OOC(C)SCCCCCCCCCCCCCCCC. The normalized spacial score (nSPS) is 14.5. The Labute approximate surface area is 288 Å². The second-order valence-corrected chi connectivity index (χ2v) is 16.9. The van der Waals surface area contributed by atoms with E-state index in [1.165, 1.54) is 167 Å². The summed E-state index contributed by atoms with van der Waals surface area (Å²) in [7, 11) is -4.42. The van der Waals surface area contributed by atoms with Gasteiger partial charge < -0.3 is 0 Å². The van der Waals surface area contributed by atoms with E-state index in [1.807, 2.05) is 13.8 Å². The fourth-order valence-corrected chi connectivity index (χ4v) is 7.60. The Hall–Kier alpha value is 0.730. The van der Waals surface area contributed by atoms with Crippen LogP contribution in [0.1, 0.15) is 207 Å². The van der Waals surface area contributed by atoms with E-state index in [2.05, 4.69) is 23.2 Å². The van der Waals surface area contributed by atoms with E-state index >= 15 is 0 Å². The zero-order valence-electron chi connectivity index (χ0n) is 30.1. The monoisotopic (exact) mass is 698 g/mol. The highest BCUT2D eigenvalue weighted by Gasteiger charge is 2.27. The number of hydrogen-bond acceptors (Lipinski definition) is 7. The van der Waals surface area contributed by atoms with Crippen molar-refractivity contribution in [3.05, 3.63) is 0 Å². The molecule has 0 aliphatic heterocycles. The van der Waals surface area contributed by atoms with Gasteiger partial charge in [0.15, 0.2) is 0 Å². The first kappa shape index (κ1) is 45.7. The van der Waals surface area contributed by atoms with Crippen LogP contribution in [-0.4, -0.2) is 27.3 Å². The second kappa shape index (κ2) is 36.0. The first-order valence-electron chi connectivity index (χ1n) is 19.2. The molecule has 0 amide bonds. The van der Waals surface area contributed by atoms with Crippen LogP contribution >= 0.6 is 31.3 Å². The molecule has 0 saturated heterocycles. The highest BCUT2D eigenvalue weighted by molar-refractivity contribution is 7.99. The third-order valence-electron chi connectivity index (χ3n) is 8.25. The first-order valence-corrected chi connectivity index (χ1v) is 22.8. The molecule has 0 heterocycles. The van der Waals surface area contributed by atoms with E-state index < -0.39 is 7.82 Å². The molecule has 0 aromatic rings. The van der Waals surface area contributed by atoms with Crippen LogP contribution in [0.5, 0.6) is 0 Å². The van der Waals surface area contributed by atoms with Crippen LogP contribution in [0.15, 0.2) is 0 Å². The standard InChI is InChI=1S/C36H75O6PS2/c1-5-7-9-11-13-15-17-19-21-23-25-27-29-31-33-44-35(3)39-41-43(37,38)42-40-36(4)45-34-32-30-28-26-24-22-20-18-16-14-12-10-8-6-2/h35-36H,5-34H2,1-4H3,(H,37,38). The maximum Gasteiger partial charge on any atom is 0.526 e. The van der Waals surface area contributed by atoms with E-state index in [0.717, 1.165) is 24.3 Å². The molecule has 0 rings (SSSR count). The van der Waals surface area contributed by atoms with Crippen LogP contribution in [-0.2, 0) is 23.7 Å². The maximum atomic E-state index is 12.1. The molecule has 0 saturated carbocycles. The number of thioether (sulfide) groups is 2. The summed E-state index contributed by atoms with van der Waals surface area (Å²) in [6.45, 7) is 8.17. The Bertz CT molecular complexity index is 582. The molecule has 0 aromatic carbocycles. The minimum absolute atomic E-state index is 0.358. The van der Waals surface area contributed by atoms with Gasteiger partial charge in [-0.3, -0.25) is 4.89 Å². The van der Waals surface area contributed by atoms with Gasteiger partial charge in [0.1, 0.15) is 10.9 Å². The van der Waals surface area contributed by atoms with Crippen molar-refractivity contribution >= 4 is 31.3 Å². The number of phosphoric acid groups is 1. The zero-order valence-corrected chi connectivity index (χ0v) is 32.6. The lowest BCUT2D eigenvalue weighted by Gasteiger charge is -2.16. The first-order chi connectivity index (χ1) is 21.9. The Morgan fingerprint density at radius 1 is 0.444 bits per heavy atom. The average molecular weight is 699 g/mol. The van der Waals surface area contributed by atoms with Crippen molar-refractivity contribution in [2.75, 3.05) is 11.5 Å². The van der Waals surface area contributed by atoms with Crippen molar-refractivity contribution in [3.8, 4) is 0 Å². The molecule has 272 valence electrons. The van der Waals surface area contributed by atoms with Crippen LogP contribution in [0.4, 0.5) is 0 Å². The molecule has 0 spiro atoms. The van der Waals surface area contributed by atoms with Gasteiger partial charge >= 0.3 is 7.82 Å². The summed E-state index contributed by atoms with van der Waals surface area (Å²) < 4.78 is 21.5. The summed E-state index contributed by atoms with van der Waals surface area (Å²) in [6.07, 6.45) is 37.6. The molecule has 2 atom stereocenters. The highest BCUT2D eigenvalue weighted by Crippen LogP contribution is 2.45. The van der Waals surface area contributed by atoms with Crippen LogP contribution in [0.3, 0.4) is 0 Å². The quantitative estimate of drug-likeness (QED) is 0.0224. The maximum absolute atomic E-state index is 12.1. The molecule has 6 nitrogen and oxygen atoms in total. The van der Waals surface area contributed by atoms with Gasteiger partial charge in [-0.1, -0.05) is 181 Å². The average Bonchev–Trinajstić information content (AvgIpc) is 3.03. The smallest absolute Gasteiger partial charge is 0.299 e. The molecule has 0 aliphatic carbocycles. The summed E-state index contributed by atoms with van der Waals surface area (Å²) >= 11 is 3.15. The summed E-state index contributed by atoms with van der Waals surface area (Å²) in [6, 6.07) is 0. The van der Waals surface area contributed by atoms with Crippen molar-refractivity contribution < 1.29 is 28.6 Å². The van der Waals surface area contributed by atoms with E-state index in [9.17, 15) is 9.46 Å². The van der Waals surface area contributed by atoms with Crippen molar-refractivity contribution in [2.24, 2.45) is 0 Å². The summed E-state index contributed by atoms with van der Waals surface area (Å²) in [4.78, 5) is 20.0. The molecule has 0 bridgehead atoms. The fourth-order valence-electron chi connectivity index (χ4n) is 5.39. The lowest BCUT2D eigenvalue weighted by molar-refractivity contribution is -0.285. The lowest BCUT2D eigenvalue weighted by Crippen LogP contribution is -2.08. The highest BCUT2D eigenvalue weighted by atomic mass is 32.2. The number of unbranched alkanes of at least 4 members (excludes halogenated alkanes) is 26. The van der Waals surface area contributed by atoms with Gasteiger partial charge in [-0.2, -0.15) is 0 Å². The third kappa shape index (κ3) is 37.4. The number of rotatable bonds is 38. The predicted molar refractivity (Wildman–Crippen MR) is 199 cm³/mol. The van der Waals surface area contributed by atoms with Crippen LogP contribution in [0, 0.1) is 0 Å². The fraction of sp³-hybridized carbons (Fsp3) is 1.00. The Morgan fingerprint density at radius 3 is 0.911 bits per heavy atom. The van der Waals surface area contributed by atoms with Crippen molar-refractivity contribution in [2.45, 2.75) is 218 Å². The zero-order chi connectivity index (χ0) is 33.1. The van der Waals surface area contributed by atoms with E-state index in [4.69, 9.17) is 9.78 Å². The van der Waals surface area contributed by atoms with E-state index in [-0.39, 0.29) is 10.9 Å². The summed E-state index contributed by atoms with van der Waals surface area (Å²) in [5.41, 5.74) is -0.716. The summed E-state index contributed by atoms with van der Waals surface area (Å²) in [5.74, 6) is 1.87.